The second kappa shape index (κ2) is 11.2. The van der Waals surface area contributed by atoms with Crippen molar-refractivity contribution in [2.75, 3.05) is 24.2 Å². The van der Waals surface area contributed by atoms with Gasteiger partial charge in [-0.25, -0.2) is 28.1 Å². The Morgan fingerprint density at radius 3 is 2.51 bits per heavy atom. The van der Waals surface area contributed by atoms with E-state index in [0.717, 1.165) is 11.8 Å². The predicted molar refractivity (Wildman–Crippen MR) is 162 cm³/mol. The Morgan fingerprint density at radius 2 is 1.88 bits per heavy atom. The minimum atomic E-state index is -0.874. The number of aromatic nitrogens is 4. The van der Waals surface area contributed by atoms with Crippen molar-refractivity contribution >= 4 is 44.5 Å². The van der Waals surface area contributed by atoms with Gasteiger partial charge in [-0.3, -0.25) is 0 Å². The summed E-state index contributed by atoms with van der Waals surface area (Å²) in [6.45, 7) is 12.9. The largest absolute Gasteiger partial charge is 0.507 e. The lowest BCUT2D eigenvalue weighted by Crippen LogP contribution is -2.56. The fourth-order valence-electron chi connectivity index (χ4n) is 5.42. The van der Waals surface area contributed by atoms with Crippen molar-refractivity contribution < 1.29 is 13.9 Å². The molecule has 1 aromatic carbocycles. The van der Waals surface area contributed by atoms with Crippen molar-refractivity contribution in [1.82, 2.24) is 24.4 Å². The molecule has 1 aliphatic rings. The predicted octanol–water partition coefficient (Wildman–Crippen LogP) is 5.91. The summed E-state index contributed by atoms with van der Waals surface area (Å²) in [4.78, 5) is 31.8. The van der Waals surface area contributed by atoms with Crippen LogP contribution in [0.5, 0.6) is 5.75 Å². The Labute approximate surface area is 248 Å². The summed E-state index contributed by atoms with van der Waals surface area (Å²) in [7, 11) is 0. The Hall–Kier alpha value is -3.77. The molecule has 0 amide bonds. The van der Waals surface area contributed by atoms with E-state index < -0.39 is 34.3 Å². The van der Waals surface area contributed by atoms with Crippen LogP contribution >= 0.6 is 27.7 Å². The molecular weight excluding hydrogens is 614 g/mol. The lowest BCUT2D eigenvalue weighted by Gasteiger charge is -2.46. The molecule has 2 unspecified atom stereocenters. The van der Waals surface area contributed by atoms with Gasteiger partial charge in [0.2, 0.25) is 0 Å². The second-order valence-corrected chi connectivity index (χ2v) is 11.3. The number of allylic oxidation sites excluding steroid dienone is 1. The molecule has 1 fully saturated rings. The normalized spacial score (nSPS) is 17.2. The van der Waals surface area contributed by atoms with Crippen LogP contribution in [-0.2, 0) is 0 Å². The average Bonchev–Trinajstić information content (AvgIpc) is 2.93. The summed E-state index contributed by atoms with van der Waals surface area (Å²) in [6, 6.07) is 6.55. The summed E-state index contributed by atoms with van der Waals surface area (Å²) < 4.78 is 32.3. The summed E-state index contributed by atoms with van der Waals surface area (Å²) in [5, 5.41) is 10.7. The number of anilines is 1. The molecule has 5 rings (SSSR count). The van der Waals surface area contributed by atoms with Gasteiger partial charge in [0, 0.05) is 42.0 Å². The molecule has 1 aliphatic heterocycles. The number of benzene rings is 1. The highest BCUT2D eigenvalue weighted by Gasteiger charge is 2.33. The van der Waals surface area contributed by atoms with Gasteiger partial charge in [-0.2, -0.15) is 4.98 Å². The number of halogens is 3. The smallest absolute Gasteiger partial charge is 0.355 e. The number of nitrogens with zero attached hydrogens (tertiary/aromatic N) is 6. The standard InChI is InChI=1S/C29H27BrF2N6O2S/c1-6-15(2)37-16(3)13-36(14-17(37)4)27-18-12-20(32)24(23-19(31)8-7-9-21(23)39)34-28(18)38(29(40)35-27)25-22(41-5)10-11-33-26(25)30/h6-12,16-17,39H,1-2,13-14H2,3-5H3. The van der Waals surface area contributed by atoms with Gasteiger partial charge in [0.05, 0.1) is 16.6 Å². The van der Waals surface area contributed by atoms with Gasteiger partial charge in [-0.15, -0.1) is 11.8 Å². The van der Waals surface area contributed by atoms with E-state index in [1.165, 1.54) is 34.5 Å². The molecule has 4 aromatic rings. The van der Waals surface area contributed by atoms with E-state index in [4.69, 9.17) is 0 Å². The summed E-state index contributed by atoms with van der Waals surface area (Å²) in [5.74, 6) is -1.95. The zero-order chi connectivity index (χ0) is 29.6. The summed E-state index contributed by atoms with van der Waals surface area (Å²) in [5.41, 5.74) is -0.313. The zero-order valence-corrected chi connectivity index (χ0v) is 25.0. The Morgan fingerprint density at radius 1 is 1.17 bits per heavy atom. The number of phenolic OH excluding ortho intramolecular Hbond substituents is 1. The molecule has 0 saturated carbocycles. The highest BCUT2D eigenvalue weighted by atomic mass is 79.9. The first-order chi connectivity index (χ1) is 19.6. The molecule has 1 N–H and O–H groups in total. The Bertz CT molecular complexity index is 1730. The number of piperazine rings is 1. The van der Waals surface area contributed by atoms with Crippen molar-refractivity contribution in [2.45, 2.75) is 30.8 Å². The monoisotopic (exact) mass is 640 g/mol. The van der Waals surface area contributed by atoms with E-state index in [9.17, 15) is 14.3 Å². The molecule has 0 aliphatic carbocycles. The molecule has 0 spiro atoms. The number of aromatic hydroxyl groups is 1. The van der Waals surface area contributed by atoms with Crippen LogP contribution in [0.25, 0.3) is 28.0 Å². The maximum Gasteiger partial charge on any atom is 0.355 e. The van der Waals surface area contributed by atoms with E-state index in [1.807, 2.05) is 25.0 Å². The molecule has 0 bridgehead atoms. The van der Waals surface area contributed by atoms with Gasteiger partial charge in [0.1, 0.15) is 27.7 Å². The van der Waals surface area contributed by atoms with Gasteiger partial charge < -0.3 is 14.9 Å². The minimum Gasteiger partial charge on any atom is -0.507 e. The number of rotatable bonds is 6. The van der Waals surface area contributed by atoms with Gasteiger partial charge in [0.25, 0.3) is 0 Å². The number of pyridine rings is 2. The van der Waals surface area contributed by atoms with Crippen LogP contribution in [-0.4, -0.2) is 61.0 Å². The second-order valence-electron chi connectivity index (χ2n) is 9.74. The van der Waals surface area contributed by atoms with Crippen LogP contribution in [0, 0.1) is 11.6 Å². The van der Waals surface area contributed by atoms with E-state index in [-0.39, 0.29) is 28.9 Å². The van der Waals surface area contributed by atoms with E-state index >= 15 is 4.39 Å². The Balaban J connectivity index is 1.82. The molecule has 4 heterocycles. The van der Waals surface area contributed by atoms with E-state index in [1.54, 1.807) is 18.3 Å². The van der Waals surface area contributed by atoms with Crippen LogP contribution < -0.4 is 10.6 Å². The third kappa shape index (κ3) is 4.99. The number of hydrogen-bond acceptors (Lipinski definition) is 8. The van der Waals surface area contributed by atoms with Crippen LogP contribution in [0.4, 0.5) is 14.6 Å². The van der Waals surface area contributed by atoms with Crippen molar-refractivity contribution in [3.63, 3.8) is 0 Å². The van der Waals surface area contributed by atoms with E-state index in [0.29, 0.717) is 28.3 Å². The van der Waals surface area contributed by atoms with Gasteiger partial charge in [-0.1, -0.05) is 19.2 Å². The van der Waals surface area contributed by atoms with Gasteiger partial charge in [0.15, 0.2) is 11.5 Å². The molecule has 41 heavy (non-hydrogen) atoms. The number of thioether (sulfide) groups is 1. The first-order valence-electron chi connectivity index (χ1n) is 12.7. The van der Waals surface area contributed by atoms with Crippen LogP contribution in [0.15, 0.2) is 75.8 Å². The number of hydrogen-bond donors (Lipinski definition) is 1. The fraction of sp³-hybridized carbons (Fsp3) is 0.241. The highest BCUT2D eigenvalue weighted by molar-refractivity contribution is 9.10. The lowest BCUT2D eigenvalue weighted by molar-refractivity contribution is 0.185. The molecule has 212 valence electrons. The molecule has 8 nitrogen and oxygen atoms in total. The minimum absolute atomic E-state index is 0.0217. The SMILES string of the molecule is C=CC(=C)N1C(C)CN(c2nc(=O)n(-c3c(SC)ccnc3Br)c3nc(-c4c(O)cccc4F)c(F)cc23)CC1C. The molecule has 1 saturated heterocycles. The first kappa shape index (κ1) is 28.7. The summed E-state index contributed by atoms with van der Waals surface area (Å²) >= 11 is 4.81. The quantitative estimate of drug-likeness (QED) is 0.158. The van der Waals surface area contributed by atoms with Crippen LogP contribution in [0.2, 0.25) is 0 Å². The average molecular weight is 642 g/mol. The van der Waals surface area contributed by atoms with E-state index in [2.05, 4.69) is 48.9 Å². The third-order valence-corrected chi connectivity index (χ3v) is 8.45. The molecule has 0 radical (unpaired) electrons. The topological polar surface area (TPSA) is 87.4 Å². The number of phenols is 1. The van der Waals surface area contributed by atoms with Gasteiger partial charge in [-0.05, 0) is 66.4 Å². The maximum absolute atomic E-state index is 15.8. The van der Waals surface area contributed by atoms with Crippen LogP contribution in [0.1, 0.15) is 13.8 Å². The molecule has 3 aromatic heterocycles. The Kier molecular flexibility index (Phi) is 7.89. The van der Waals surface area contributed by atoms with Gasteiger partial charge >= 0.3 is 5.69 Å². The number of fused-ring (bicyclic) bond motifs is 1. The maximum atomic E-state index is 15.8. The zero-order valence-electron chi connectivity index (χ0n) is 22.6. The van der Waals surface area contributed by atoms with Crippen molar-refractivity contribution in [1.29, 1.82) is 0 Å². The molecule has 12 heteroatoms. The van der Waals surface area contributed by atoms with Crippen molar-refractivity contribution in [3.05, 3.63) is 88.2 Å². The highest BCUT2D eigenvalue weighted by Crippen LogP contribution is 2.37. The van der Waals surface area contributed by atoms with Crippen molar-refractivity contribution in [2.24, 2.45) is 0 Å². The van der Waals surface area contributed by atoms with Crippen molar-refractivity contribution in [3.8, 4) is 22.7 Å². The molecule has 2 atom stereocenters. The first-order valence-corrected chi connectivity index (χ1v) is 14.7. The fourth-order valence-corrected chi connectivity index (χ4v) is 6.64. The van der Waals surface area contributed by atoms with Crippen LogP contribution in [0.3, 0.4) is 0 Å². The lowest BCUT2D eigenvalue weighted by atomic mass is 10.1. The third-order valence-electron chi connectivity index (χ3n) is 7.10. The molecular formula is C29H27BrF2N6O2S. The summed E-state index contributed by atoms with van der Waals surface area (Å²) in [6.07, 6.45) is 5.13.